The summed E-state index contributed by atoms with van der Waals surface area (Å²) in [6.07, 6.45) is -26.2. The Morgan fingerprint density at radius 3 is 1.95 bits per heavy atom. The van der Waals surface area contributed by atoms with Crippen molar-refractivity contribution in [2.24, 2.45) is 0 Å². The molecule has 3 aliphatic heterocycles. The van der Waals surface area contributed by atoms with Crippen molar-refractivity contribution < 1.29 is 98.8 Å². The number of carbonyl (C=O) groups excluding carboxylic acids is 2. The molecule has 4 rings (SSSR count). The number of aliphatic hydroxyl groups is 9. The van der Waals surface area contributed by atoms with E-state index in [0.29, 0.717) is 0 Å². The summed E-state index contributed by atoms with van der Waals surface area (Å²) in [5.41, 5.74) is -0.291. The number of carboxylic acids is 1. The van der Waals surface area contributed by atoms with E-state index in [2.05, 4.69) is 10.6 Å². The molecule has 0 radical (unpaired) electrons. The Morgan fingerprint density at radius 2 is 1.44 bits per heavy atom. The van der Waals surface area contributed by atoms with Crippen LogP contribution in [0, 0.1) is 10.1 Å². The van der Waals surface area contributed by atoms with Crippen molar-refractivity contribution in [1.29, 1.82) is 0 Å². The molecule has 3 fully saturated rings. The molecule has 2 amide bonds. The maximum Gasteiger partial charge on any atom is 0.364 e. The minimum Gasteiger partial charge on any atom is -0.477 e. The SMILES string of the molecule is CC(=O)N[C@H]1[C@H](Oc2ccc([N+](=O)[O-])cc2)O[C@H](CO)[C@H](O)[C@@H]1O[C@@H]1O[C@H](CO)[C@H](O)[C@H](OC2(C(=O)O)C[C@H](O)[C@@H](NC(C)=O)[C@H]([C@H](O)[C@H](O)CO)O2)[C@H]1O. The number of hydrogen-bond acceptors (Lipinski definition) is 20. The third-order valence-corrected chi connectivity index (χ3v) is 9.15. The van der Waals surface area contributed by atoms with Crippen LogP contribution in [-0.4, -0.2) is 191 Å². The molecule has 0 aliphatic carbocycles. The number of aliphatic carboxylic acids is 1. The molecule has 1 unspecified atom stereocenters. The van der Waals surface area contributed by atoms with E-state index in [1.165, 1.54) is 12.1 Å². The Labute approximate surface area is 310 Å². The number of nitrogens with zero attached hydrogens (tertiary/aromatic N) is 1. The molecule has 0 saturated carbocycles. The number of carbonyl (C=O) groups is 3. The van der Waals surface area contributed by atoms with Crippen LogP contribution in [0.2, 0.25) is 0 Å². The van der Waals surface area contributed by atoms with E-state index in [1.807, 2.05) is 0 Å². The average molecular weight is 796 g/mol. The van der Waals surface area contributed by atoms with Crippen LogP contribution in [0.5, 0.6) is 5.75 Å². The molecule has 12 N–H and O–H groups in total. The average Bonchev–Trinajstić information content (AvgIpc) is 3.13. The molecule has 3 aliphatic rings. The molecule has 0 aromatic heterocycles. The first-order valence-corrected chi connectivity index (χ1v) is 16.8. The summed E-state index contributed by atoms with van der Waals surface area (Å²) in [5, 5.41) is 121. The zero-order valence-electron chi connectivity index (χ0n) is 29.2. The highest BCUT2D eigenvalue weighted by atomic mass is 16.8. The van der Waals surface area contributed by atoms with Gasteiger partial charge in [-0.2, -0.15) is 0 Å². The molecule has 16 atom stereocenters. The molecule has 310 valence electrons. The predicted molar refractivity (Wildman–Crippen MR) is 173 cm³/mol. The number of nitro groups is 1. The van der Waals surface area contributed by atoms with Crippen molar-refractivity contribution in [2.75, 3.05) is 19.8 Å². The minimum atomic E-state index is -3.09. The van der Waals surface area contributed by atoms with Crippen LogP contribution < -0.4 is 15.4 Å². The lowest BCUT2D eigenvalue weighted by molar-refractivity contribution is -0.384. The van der Waals surface area contributed by atoms with Gasteiger partial charge in [0.15, 0.2) is 6.29 Å². The largest absolute Gasteiger partial charge is 0.477 e. The highest BCUT2D eigenvalue weighted by Crippen LogP contribution is 2.38. The maximum atomic E-state index is 12.8. The van der Waals surface area contributed by atoms with Crippen LogP contribution >= 0.6 is 0 Å². The van der Waals surface area contributed by atoms with E-state index in [4.69, 9.17) is 28.4 Å². The quantitative estimate of drug-likeness (QED) is 0.0580. The van der Waals surface area contributed by atoms with Crippen molar-refractivity contribution in [1.82, 2.24) is 10.6 Å². The molecule has 0 bridgehead atoms. The molecule has 55 heavy (non-hydrogen) atoms. The first-order valence-electron chi connectivity index (χ1n) is 16.8. The van der Waals surface area contributed by atoms with Crippen molar-refractivity contribution >= 4 is 23.5 Å². The van der Waals surface area contributed by atoms with E-state index in [0.717, 1.165) is 26.0 Å². The summed E-state index contributed by atoms with van der Waals surface area (Å²) >= 11 is 0. The number of ether oxygens (including phenoxy) is 6. The van der Waals surface area contributed by atoms with Crippen LogP contribution in [-0.2, 0) is 38.1 Å². The van der Waals surface area contributed by atoms with Crippen molar-refractivity contribution in [3.05, 3.63) is 34.4 Å². The second kappa shape index (κ2) is 18.5. The Kier molecular flexibility index (Phi) is 14.8. The van der Waals surface area contributed by atoms with Gasteiger partial charge in [-0.05, 0) is 12.1 Å². The minimum absolute atomic E-state index is 0.0343. The lowest BCUT2D eigenvalue weighted by Crippen LogP contribution is -2.71. The lowest BCUT2D eigenvalue weighted by atomic mass is 9.88. The summed E-state index contributed by atoms with van der Waals surface area (Å²) < 4.78 is 34.2. The molecule has 0 spiro atoms. The second-order valence-corrected chi connectivity index (χ2v) is 13.1. The van der Waals surface area contributed by atoms with Gasteiger partial charge >= 0.3 is 5.97 Å². The number of aliphatic hydroxyl groups excluding tert-OH is 9. The van der Waals surface area contributed by atoms with Gasteiger partial charge in [0.1, 0.15) is 72.8 Å². The first kappa shape index (κ1) is 44.0. The summed E-state index contributed by atoms with van der Waals surface area (Å²) in [7, 11) is 0. The number of nitro benzene ring substituents is 1. The molecular formula is C31H45N3O21. The highest BCUT2D eigenvalue weighted by molar-refractivity contribution is 5.76. The van der Waals surface area contributed by atoms with E-state index in [1.54, 1.807) is 0 Å². The Bertz CT molecular complexity index is 1490. The number of carboxylic acid groups (broad SMARTS) is 1. The Hall–Kier alpha value is -3.73. The van der Waals surface area contributed by atoms with E-state index in [-0.39, 0.29) is 11.4 Å². The van der Waals surface area contributed by atoms with Gasteiger partial charge in [-0.3, -0.25) is 19.7 Å². The van der Waals surface area contributed by atoms with Crippen LogP contribution in [0.25, 0.3) is 0 Å². The fourth-order valence-electron chi connectivity index (χ4n) is 6.43. The van der Waals surface area contributed by atoms with Crippen LogP contribution in [0.3, 0.4) is 0 Å². The zero-order chi connectivity index (χ0) is 40.9. The fourth-order valence-corrected chi connectivity index (χ4v) is 6.43. The van der Waals surface area contributed by atoms with E-state index < -0.39 is 147 Å². The Morgan fingerprint density at radius 1 is 0.891 bits per heavy atom. The number of hydrogen-bond donors (Lipinski definition) is 12. The number of non-ortho nitro benzene ring substituents is 1. The monoisotopic (exact) mass is 795 g/mol. The molecule has 24 nitrogen and oxygen atoms in total. The number of nitrogens with one attached hydrogen (secondary N) is 2. The first-order chi connectivity index (χ1) is 25.9. The molecular weight excluding hydrogens is 750 g/mol. The number of benzene rings is 1. The summed E-state index contributed by atoms with van der Waals surface area (Å²) in [6.45, 7) is -0.875. The van der Waals surface area contributed by atoms with Crippen LogP contribution in [0.4, 0.5) is 5.69 Å². The smallest absolute Gasteiger partial charge is 0.364 e. The van der Waals surface area contributed by atoms with Gasteiger partial charge in [0.25, 0.3) is 11.5 Å². The van der Waals surface area contributed by atoms with Gasteiger partial charge < -0.3 is 90.1 Å². The van der Waals surface area contributed by atoms with Gasteiger partial charge in [0, 0.05) is 32.4 Å². The summed E-state index contributed by atoms with van der Waals surface area (Å²) in [6, 6.07) is 1.48. The van der Waals surface area contributed by atoms with Crippen molar-refractivity contribution in [2.45, 2.75) is 118 Å². The topological polar surface area (TPSA) is 376 Å². The lowest BCUT2D eigenvalue weighted by Gasteiger charge is -2.51. The second-order valence-electron chi connectivity index (χ2n) is 13.1. The maximum absolute atomic E-state index is 12.8. The van der Waals surface area contributed by atoms with Crippen molar-refractivity contribution in [3.8, 4) is 5.75 Å². The fraction of sp³-hybridized carbons (Fsp3) is 0.710. The highest BCUT2D eigenvalue weighted by Gasteiger charge is 2.60. The summed E-state index contributed by atoms with van der Waals surface area (Å²) in [5.74, 6) is -6.64. The third kappa shape index (κ3) is 9.81. The van der Waals surface area contributed by atoms with Gasteiger partial charge in [-0.1, -0.05) is 0 Å². The molecule has 3 saturated heterocycles. The van der Waals surface area contributed by atoms with Crippen LogP contribution in [0.1, 0.15) is 20.3 Å². The number of rotatable bonds is 15. The molecule has 24 heteroatoms. The van der Waals surface area contributed by atoms with Gasteiger partial charge in [0.2, 0.25) is 18.1 Å². The number of amides is 2. The van der Waals surface area contributed by atoms with Gasteiger partial charge in [0.05, 0.1) is 36.9 Å². The van der Waals surface area contributed by atoms with Gasteiger partial charge in [-0.15, -0.1) is 0 Å². The van der Waals surface area contributed by atoms with E-state index in [9.17, 15) is 75.6 Å². The van der Waals surface area contributed by atoms with E-state index >= 15 is 0 Å². The predicted octanol–water partition coefficient (Wildman–Crippen LogP) is -6.08. The third-order valence-electron chi connectivity index (χ3n) is 9.15. The molecule has 3 heterocycles. The molecule has 1 aromatic carbocycles. The van der Waals surface area contributed by atoms with Crippen molar-refractivity contribution in [3.63, 3.8) is 0 Å². The molecule has 1 aromatic rings. The summed E-state index contributed by atoms with van der Waals surface area (Å²) in [4.78, 5) is 47.5. The van der Waals surface area contributed by atoms with Gasteiger partial charge in [-0.25, -0.2) is 4.79 Å². The Balaban J connectivity index is 1.68. The zero-order valence-corrected chi connectivity index (χ0v) is 29.2. The standard InChI is InChI=1S/C31H45N3O21/c1-11(38)32-19-15(40)7-31(30(46)47,54-26(19)21(42)16(41)8-35)55-27-23(44)18(10-37)52-29(24(27)45)53-25-20(33-12(2)39)28(51-17(9-36)22(25)43)50-14-5-3-13(4-6-14)34(48)49/h3-6,15-29,35-37,40-45H,7-10H2,1-2H3,(H,32,38)(H,33,39)(H,46,47)/t15-,16+,17+,18+,19+,20+,21+,22-,23-,24+,25+,26+,27-,28+,29-,31?/m0/s1. The van der Waals surface area contributed by atoms with Crippen LogP contribution in [0.15, 0.2) is 24.3 Å². The normalized spacial score (nSPS) is 37.6.